The summed E-state index contributed by atoms with van der Waals surface area (Å²) >= 11 is 7.22. The van der Waals surface area contributed by atoms with Crippen LogP contribution in [0, 0.1) is 10.1 Å². The number of hydrogen-bond donors (Lipinski definition) is 1. The molecule has 2 rings (SSSR count). The number of rotatable bonds is 7. The summed E-state index contributed by atoms with van der Waals surface area (Å²) in [6.45, 7) is 1.61. The highest BCUT2D eigenvalue weighted by molar-refractivity contribution is 7.98. The molecule has 2 aromatic rings. The molecule has 142 valence electrons. The van der Waals surface area contributed by atoms with Crippen LogP contribution in [0.4, 0.5) is 5.69 Å². The highest BCUT2D eigenvalue weighted by Crippen LogP contribution is 2.28. The molecular formula is C18H17ClN2O5S. The number of ether oxygens (including phenoxy) is 1. The van der Waals surface area contributed by atoms with Gasteiger partial charge in [-0.05, 0) is 36.9 Å². The van der Waals surface area contributed by atoms with E-state index in [9.17, 15) is 19.7 Å². The Morgan fingerprint density at radius 2 is 2.00 bits per heavy atom. The lowest BCUT2D eigenvalue weighted by Crippen LogP contribution is -2.35. The maximum Gasteiger partial charge on any atom is 0.339 e. The molecule has 0 saturated heterocycles. The minimum atomic E-state index is -1.07. The summed E-state index contributed by atoms with van der Waals surface area (Å²) in [6.07, 6.45) is 0.630. The molecule has 0 fully saturated rings. The topological polar surface area (TPSA) is 98.5 Å². The monoisotopic (exact) mass is 408 g/mol. The Morgan fingerprint density at radius 1 is 1.30 bits per heavy atom. The average molecular weight is 409 g/mol. The Kier molecular flexibility index (Phi) is 7.20. The smallest absolute Gasteiger partial charge is 0.339 e. The third-order valence-corrected chi connectivity index (χ3v) is 4.83. The van der Waals surface area contributed by atoms with Gasteiger partial charge < -0.3 is 10.1 Å². The largest absolute Gasteiger partial charge is 0.449 e. The van der Waals surface area contributed by atoms with E-state index < -0.39 is 22.9 Å². The quantitative estimate of drug-likeness (QED) is 0.323. The number of benzene rings is 2. The number of halogens is 1. The molecule has 9 heteroatoms. The molecule has 0 unspecified atom stereocenters. The van der Waals surface area contributed by atoms with Gasteiger partial charge in [-0.25, -0.2) is 4.79 Å². The van der Waals surface area contributed by atoms with E-state index in [0.29, 0.717) is 9.92 Å². The van der Waals surface area contributed by atoms with Crippen LogP contribution in [0.3, 0.4) is 0 Å². The van der Waals surface area contributed by atoms with Gasteiger partial charge in [-0.3, -0.25) is 14.9 Å². The van der Waals surface area contributed by atoms with Gasteiger partial charge in [-0.1, -0.05) is 29.8 Å². The molecule has 0 aliphatic rings. The molecule has 1 N–H and O–H groups in total. The van der Waals surface area contributed by atoms with Crippen molar-refractivity contribution in [1.82, 2.24) is 5.32 Å². The zero-order valence-electron chi connectivity index (χ0n) is 14.6. The molecule has 0 aliphatic carbocycles. The van der Waals surface area contributed by atoms with Gasteiger partial charge in [0.1, 0.15) is 0 Å². The highest BCUT2D eigenvalue weighted by Gasteiger charge is 2.22. The maximum absolute atomic E-state index is 12.2. The number of nitro groups is 1. The molecule has 0 radical (unpaired) electrons. The fraction of sp³-hybridized carbons (Fsp3) is 0.222. The third kappa shape index (κ3) is 5.45. The van der Waals surface area contributed by atoms with Crippen LogP contribution in [-0.4, -0.2) is 29.2 Å². The molecule has 27 heavy (non-hydrogen) atoms. The fourth-order valence-corrected chi connectivity index (χ4v) is 2.96. The van der Waals surface area contributed by atoms with Gasteiger partial charge in [0, 0.05) is 17.6 Å². The van der Waals surface area contributed by atoms with Crippen LogP contribution < -0.4 is 5.32 Å². The maximum atomic E-state index is 12.2. The SMILES string of the molecule is CSc1ccc(C(=O)O[C@@H](C)C(=O)NCc2ccccc2Cl)cc1[N+](=O)[O-]. The minimum Gasteiger partial charge on any atom is -0.449 e. The number of nitrogens with one attached hydrogen (secondary N) is 1. The predicted octanol–water partition coefficient (Wildman–Crippen LogP) is 3.83. The van der Waals surface area contributed by atoms with E-state index in [4.69, 9.17) is 16.3 Å². The minimum absolute atomic E-state index is 0.00486. The van der Waals surface area contributed by atoms with E-state index in [0.717, 1.165) is 11.6 Å². The van der Waals surface area contributed by atoms with Crippen LogP contribution in [-0.2, 0) is 16.1 Å². The molecule has 0 aromatic heterocycles. The molecule has 2 aromatic carbocycles. The van der Waals surface area contributed by atoms with Gasteiger partial charge in [0.15, 0.2) is 6.10 Å². The first-order valence-corrected chi connectivity index (χ1v) is 9.48. The van der Waals surface area contributed by atoms with Crippen molar-refractivity contribution in [2.45, 2.75) is 24.5 Å². The zero-order chi connectivity index (χ0) is 20.0. The predicted molar refractivity (Wildman–Crippen MR) is 103 cm³/mol. The number of carbonyl (C=O) groups excluding carboxylic acids is 2. The van der Waals surface area contributed by atoms with Gasteiger partial charge in [-0.2, -0.15) is 0 Å². The third-order valence-electron chi connectivity index (χ3n) is 3.68. The first-order valence-electron chi connectivity index (χ1n) is 7.88. The summed E-state index contributed by atoms with van der Waals surface area (Å²) in [4.78, 5) is 35.3. The number of nitro benzene ring substituents is 1. The summed E-state index contributed by atoms with van der Waals surface area (Å²) in [5, 5.41) is 14.2. The summed E-state index contributed by atoms with van der Waals surface area (Å²) < 4.78 is 5.11. The molecular weight excluding hydrogens is 392 g/mol. The molecule has 1 atom stereocenters. The van der Waals surface area contributed by atoms with Crippen molar-refractivity contribution >= 4 is 40.9 Å². The van der Waals surface area contributed by atoms with Crippen molar-refractivity contribution in [1.29, 1.82) is 0 Å². The van der Waals surface area contributed by atoms with Crippen LogP contribution in [0.5, 0.6) is 0 Å². The van der Waals surface area contributed by atoms with Gasteiger partial charge in [0.2, 0.25) is 0 Å². The first kappa shape index (κ1) is 20.7. The second kappa shape index (κ2) is 9.38. The van der Waals surface area contributed by atoms with Crippen molar-refractivity contribution in [3.63, 3.8) is 0 Å². The first-order chi connectivity index (χ1) is 12.8. The lowest BCUT2D eigenvalue weighted by Gasteiger charge is -2.14. The number of esters is 1. The fourth-order valence-electron chi connectivity index (χ4n) is 2.21. The zero-order valence-corrected chi connectivity index (χ0v) is 16.2. The van der Waals surface area contributed by atoms with Crippen molar-refractivity contribution in [3.8, 4) is 0 Å². The molecule has 0 aliphatic heterocycles. The number of nitrogens with zero attached hydrogens (tertiary/aromatic N) is 1. The van der Waals surface area contributed by atoms with Crippen LogP contribution in [0.2, 0.25) is 5.02 Å². The van der Waals surface area contributed by atoms with E-state index in [1.807, 2.05) is 0 Å². The second-order valence-corrected chi connectivity index (χ2v) is 6.76. The lowest BCUT2D eigenvalue weighted by molar-refractivity contribution is -0.387. The van der Waals surface area contributed by atoms with Crippen molar-refractivity contribution in [3.05, 3.63) is 68.7 Å². The van der Waals surface area contributed by atoms with Crippen molar-refractivity contribution in [2.24, 2.45) is 0 Å². The van der Waals surface area contributed by atoms with Crippen molar-refractivity contribution < 1.29 is 19.2 Å². The Bertz CT molecular complexity index is 875. The lowest BCUT2D eigenvalue weighted by atomic mass is 10.2. The molecule has 7 nitrogen and oxygen atoms in total. The van der Waals surface area contributed by atoms with Crippen LogP contribution >= 0.6 is 23.4 Å². The molecule has 1 amide bonds. The van der Waals surface area contributed by atoms with Gasteiger partial charge >= 0.3 is 5.97 Å². The normalized spacial score (nSPS) is 11.5. The van der Waals surface area contributed by atoms with E-state index in [1.165, 1.54) is 30.8 Å². The highest BCUT2D eigenvalue weighted by atomic mass is 35.5. The number of amides is 1. The summed E-state index contributed by atoms with van der Waals surface area (Å²) in [7, 11) is 0. The average Bonchev–Trinajstić information content (AvgIpc) is 2.66. The Morgan fingerprint density at radius 3 is 2.63 bits per heavy atom. The van der Waals surface area contributed by atoms with Crippen molar-refractivity contribution in [2.75, 3.05) is 6.26 Å². The van der Waals surface area contributed by atoms with Gasteiger partial charge in [0.25, 0.3) is 11.6 Å². The summed E-state index contributed by atoms with van der Waals surface area (Å²) in [6, 6.07) is 11.1. The van der Waals surface area contributed by atoms with E-state index >= 15 is 0 Å². The second-order valence-electron chi connectivity index (χ2n) is 5.50. The Balaban J connectivity index is 2.00. The molecule has 0 heterocycles. The standard InChI is InChI=1S/C18H17ClN2O5S/c1-11(17(22)20-10-13-5-3-4-6-14(13)19)26-18(23)12-7-8-16(27-2)15(9-12)21(24)25/h3-9,11H,10H2,1-2H3,(H,20,22)/t11-/m0/s1. The number of carbonyl (C=O) groups is 2. The molecule has 0 bridgehead atoms. The van der Waals surface area contributed by atoms with E-state index in [1.54, 1.807) is 30.5 Å². The number of thioether (sulfide) groups is 1. The van der Waals surface area contributed by atoms with Gasteiger partial charge in [-0.15, -0.1) is 11.8 Å². The molecule has 0 spiro atoms. The van der Waals surface area contributed by atoms with Crippen LogP contribution in [0.15, 0.2) is 47.4 Å². The Labute approximate surface area is 165 Å². The van der Waals surface area contributed by atoms with E-state index in [-0.39, 0.29) is 17.8 Å². The Hall–Kier alpha value is -2.58. The number of hydrogen-bond acceptors (Lipinski definition) is 6. The van der Waals surface area contributed by atoms with Crippen LogP contribution in [0.1, 0.15) is 22.8 Å². The van der Waals surface area contributed by atoms with E-state index in [2.05, 4.69) is 5.32 Å². The van der Waals surface area contributed by atoms with Crippen LogP contribution in [0.25, 0.3) is 0 Å². The summed E-state index contributed by atoms with van der Waals surface area (Å²) in [5.41, 5.74) is 0.548. The molecule has 0 saturated carbocycles. The summed E-state index contributed by atoms with van der Waals surface area (Å²) in [5.74, 6) is -1.32. The van der Waals surface area contributed by atoms with Gasteiger partial charge in [0.05, 0.1) is 15.4 Å².